The largest absolute Gasteiger partial charge is 0.419 e. The molecule has 4 atom stereocenters. The van der Waals surface area contributed by atoms with E-state index in [9.17, 15) is 35.6 Å². The molecule has 1 aromatic heterocycles. The van der Waals surface area contributed by atoms with Gasteiger partial charge in [-0.05, 0) is 61.8 Å². The second-order valence-electron chi connectivity index (χ2n) is 9.92. The highest BCUT2D eigenvalue weighted by Crippen LogP contribution is 2.43. The van der Waals surface area contributed by atoms with Gasteiger partial charge in [0.1, 0.15) is 11.9 Å². The van der Waals surface area contributed by atoms with Crippen LogP contribution >= 0.6 is 0 Å². The van der Waals surface area contributed by atoms with Crippen molar-refractivity contribution in [2.75, 3.05) is 6.26 Å². The Morgan fingerprint density at radius 1 is 1.14 bits per heavy atom. The third-order valence-corrected chi connectivity index (χ3v) is 8.25. The highest BCUT2D eigenvalue weighted by Gasteiger charge is 2.45. The van der Waals surface area contributed by atoms with Gasteiger partial charge in [-0.15, -0.1) is 0 Å². The molecule has 12 heteroatoms. The smallest absolute Gasteiger partial charge is 0.347 e. The van der Waals surface area contributed by atoms with Crippen LogP contribution in [0.3, 0.4) is 0 Å². The van der Waals surface area contributed by atoms with Gasteiger partial charge in [-0.3, -0.25) is 14.6 Å². The molecular weight excluding hydrogens is 514 g/mol. The Morgan fingerprint density at radius 2 is 1.81 bits per heavy atom. The normalized spacial score (nSPS) is 23.1. The summed E-state index contributed by atoms with van der Waals surface area (Å²) in [6, 6.07) is 1.89. The van der Waals surface area contributed by atoms with Crippen LogP contribution in [-0.4, -0.2) is 48.5 Å². The van der Waals surface area contributed by atoms with E-state index in [1.807, 2.05) is 6.92 Å². The monoisotopic (exact) mass is 541 g/mol. The summed E-state index contributed by atoms with van der Waals surface area (Å²) < 4.78 is 77.1. The molecule has 2 fully saturated rings. The number of nitrogens with zero attached hydrogens (tertiary/aromatic N) is 2. The van der Waals surface area contributed by atoms with Crippen LogP contribution < -0.4 is 5.32 Å². The third-order valence-electron chi connectivity index (χ3n) is 7.17. The van der Waals surface area contributed by atoms with Gasteiger partial charge in [0.05, 0.1) is 22.1 Å². The van der Waals surface area contributed by atoms with E-state index >= 15 is 0 Å². The molecule has 1 aliphatic heterocycles. The van der Waals surface area contributed by atoms with Gasteiger partial charge in [-0.1, -0.05) is 13.0 Å². The number of likely N-dealkylation sites (tertiary alicyclic amines) is 1. The molecule has 1 saturated carbocycles. The van der Waals surface area contributed by atoms with Gasteiger partial charge in [0.15, 0.2) is 9.84 Å². The van der Waals surface area contributed by atoms with Crippen molar-refractivity contribution >= 4 is 21.7 Å². The fourth-order valence-corrected chi connectivity index (χ4v) is 5.37. The van der Waals surface area contributed by atoms with Crippen molar-refractivity contribution in [3.8, 4) is 0 Å². The lowest BCUT2D eigenvalue weighted by molar-refractivity contribution is -0.140. The summed E-state index contributed by atoms with van der Waals surface area (Å²) in [4.78, 5) is 32.0. The maximum Gasteiger partial charge on any atom is 0.419 e. The molecule has 0 unspecified atom stereocenters. The standard InChI is InChI=1S/C25H27F4N3O4S/c1-13-8-21(32(14(13)2)24(34)17-9-18(12-30-11-17)37(3,35)36)23(33)31-22(15-4-5-15)16-6-7-19(20(26)10-16)25(27,28)29/h6-7,9-15,21-22H,4-5,8H2,1-3H3,(H,31,33)/t13-,14-,21-,22-/m1/s1. The summed E-state index contributed by atoms with van der Waals surface area (Å²) in [6.45, 7) is 3.67. The zero-order valence-electron chi connectivity index (χ0n) is 20.4. The van der Waals surface area contributed by atoms with Crippen molar-refractivity contribution in [3.05, 3.63) is 59.2 Å². The highest BCUT2D eigenvalue weighted by atomic mass is 32.2. The first-order valence-corrected chi connectivity index (χ1v) is 13.7. The molecule has 2 amide bonds. The van der Waals surface area contributed by atoms with Gasteiger partial charge < -0.3 is 10.2 Å². The van der Waals surface area contributed by atoms with Crippen LogP contribution in [0, 0.1) is 17.7 Å². The Morgan fingerprint density at radius 3 is 2.38 bits per heavy atom. The molecule has 2 aromatic rings. The number of pyridine rings is 1. The second-order valence-corrected chi connectivity index (χ2v) is 11.9. The number of nitrogens with one attached hydrogen (secondary N) is 1. The molecule has 1 aliphatic carbocycles. The lowest BCUT2D eigenvalue weighted by Crippen LogP contribution is -2.49. The van der Waals surface area contributed by atoms with E-state index in [-0.39, 0.29) is 33.9 Å². The molecule has 1 N–H and O–H groups in total. The summed E-state index contributed by atoms with van der Waals surface area (Å²) >= 11 is 0. The van der Waals surface area contributed by atoms with Crippen LogP contribution in [0.25, 0.3) is 0 Å². The zero-order valence-corrected chi connectivity index (χ0v) is 21.2. The lowest BCUT2D eigenvalue weighted by Gasteiger charge is -2.30. The van der Waals surface area contributed by atoms with Crippen LogP contribution in [0.4, 0.5) is 17.6 Å². The molecule has 2 heterocycles. The second kappa shape index (κ2) is 9.70. The van der Waals surface area contributed by atoms with Gasteiger partial charge >= 0.3 is 6.18 Å². The summed E-state index contributed by atoms with van der Waals surface area (Å²) in [7, 11) is -3.62. The average Bonchev–Trinajstić information content (AvgIpc) is 3.60. The minimum atomic E-state index is -4.83. The number of amides is 2. The first-order valence-electron chi connectivity index (χ1n) is 11.8. The van der Waals surface area contributed by atoms with E-state index < -0.39 is 51.3 Å². The quantitative estimate of drug-likeness (QED) is 0.555. The SMILES string of the molecule is C[C@@H]1C[C@H](C(=O)N[C@@H](c2ccc(C(F)(F)F)c(F)c2)C2CC2)N(C(=O)c2cncc(S(C)(=O)=O)c2)[C@@H]1C. The van der Waals surface area contributed by atoms with Gasteiger partial charge in [0.2, 0.25) is 5.91 Å². The Bertz CT molecular complexity index is 1330. The number of benzene rings is 1. The van der Waals surface area contributed by atoms with E-state index in [2.05, 4.69) is 10.3 Å². The molecule has 37 heavy (non-hydrogen) atoms. The van der Waals surface area contributed by atoms with Gasteiger partial charge in [0.25, 0.3) is 5.91 Å². The minimum absolute atomic E-state index is 0.0187. The van der Waals surface area contributed by atoms with E-state index in [1.54, 1.807) is 6.92 Å². The molecular formula is C25H27F4N3O4S. The first-order chi connectivity index (χ1) is 17.2. The van der Waals surface area contributed by atoms with E-state index in [4.69, 9.17) is 0 Å². The van der Waals surface area contributed by atoms with Crippen molar-refractivity contribution in [1.29, 1.82) is 0 Å². The maximum atomic E-state index is 14.3. The number of halogens is 4. The Hall–Kier alpha value is -3.02. The number of rotatable bonds is 6. The molecule has 4 rings (SSSR count). The maximum absolute atomic E-state index is 14.3. The summed E-state index contributed by atoms with van der Waals surface area (Å²) in [5, 5.41) is 2.84. The fraction of sp³-hybridized carbons (Fsp3) is 0.480. The Kier molecular flexibility index (Phi) is 7.08. The first kappa shape index (κ1) is 27.0. The fourth-order valence-electron chi connectivity index (χ4n) is 4.78. The van der Waals surface area contributed by atoms with Gasteiger partial charge in [-0.25, -0.2) is 12.8 Å². The van der Waals surface area contributed by atoms with Crippen molar-refractivity contribution in [2.45, 2.75) is 62.3 Å². The van der Waals surface area contributed by atoms with Gasteiger partial charge in [-0.2, -0.15) is 13.2 Å². The van der Waals surface area contributed by atoms with Crippen LogP contribution in [-0.2, 0) is 20.8 Å². The zero-order chi connectivity index (χ0) is 27.3. The average molecular weight is 542 g/mol. The molecule has 0 bridgehead atoms. The Balaban J connectivity index is 1.60. The topological polar surface area (TPSA) is 96.4 Å². The van der Waals surface area contributed by atoms with E-state index in [0.717, 1.165) is 31.4 Å². The number of sulfone groups is 1. The van der Waals surface area contributed by atoms with Crippen LogP contribution in [0.1, 0.15) is 60.6 Å². The number of alkyl halides is 3. The summed E-state index contributed by atoms with van der Waals surface area (Å²) in [6.07, 6.45) is 0.305. The number of carbonyl (C=O) groups excluding carboxylic acids is 2. The van der Waals surface area contributed by atoms with E-state index in [0.29, 0.717) is 12.5 Å². The van der Waals surface area contributed by atoms with E-state index in [1.165, 1.54) is 23.2 Å². The van der Waals surface area contributed by atoms with Crippen molar-refractivity contribution in [2.24, 2.45) is 11.8 Å². The number of hydrogen-bond donors (Lipinski definition) is 1. The Labute approximate surface area is 212 Å². The van der Waals surface area contributed by atoms with Crippen molar-refractivity contribution < 1.29 is 35.6 Å². The molecule has 1 aromatic carbocycles. The molecule has 200 valence electrons. The number of aromatic nitrogens is 1. The third kappa shape index (κ3) is 5.63. The van der Waals surface area contributed by atoms with Crippen molar-refractivity contribution in [3.63, 3.8) is 0 Å². The lowest BCUT2D eigenvalue weighted by atomic mass is 9.99. The highest BCUT2D eigenvalue weighted by molar-refractivity contribution is 7.90. The predicted octanol–water partition coefficient (Wildman–Crippen LogP) is 4.15. The summed E-state index contributed by atoms with van der Waals surface area (Å²) in [5.74, 6) is -2.60. The van der Waals surface area contributed by atoms with Crippen LogP contribution in [0.5, 0.6) is 0 Å². The predicted molar refractivity (Wildman–Crippen MR) is 126 cm³/mol. The van der Waals surface area contributed by atoms with Crippen LogP contribution in [0.15, 0.2) is 41.6 Å². The summed E-state index contributed by atoms with van der Waals surface area (Å²) in [5.41, 5.74) is -1.13. The number of carbonyl (C=O) groups is 2. The molecule has 2 aliphatic rings. The van der Waals surface area contributed by atoms with Crippen molar-refractivity contribution in [1.82, 2.24) is 15.2 Å². The van der Waals surface area contributed by atoms with Gasteiger partial charge in [0, 0.05) is 24.7 Å². The number of hydrogen-bond acceptors (Lipinski definition) is 5. The van der Waals surface area contributed by atoms with Crippen LogP contribution in [0.2, 0.25) is 0 Å². The molecule has 7 nitrogen and oxygen atoms in total. The molecule has 0 spiro atoms. The minimum Gasteiger partial charge on any atom is -0.347 e. The molecule has 0 radical (unpaired) electrons. The molecule has 1 saturated heterocycles.